The predicted molar refractivity (Wildman–Crippen MR) is 63.7 cm³/mol. The summed E-state index contributed by atoms with van der Waals surface area (Å²) in [5.74, 6) is -0.321. The number of nitrogens with zero attached hydrogens (tertiary/aromatic N) is 1. The lowest BCUT2D eigenvalue weighted by atomic mass is 10.1. The van der Waals surface area contributed by atoms with Crippen molar-refractivity contribution in [1.82, 2.24) is 5.32 Å². The van der Waals surface area contributed by atoms with Gasteiger partial charge in [-0.1, -0.05) is 5.16 Å². The second-order valence-electron chi connectivity index (χ2n) is 3.57. The van der Waals surface area contributed by atoms with E-state index in [9.17, 15) is 4.79 Å². The molecule has 4 N–H and O–H groups in total. The van der Waals surface area contributed by atoms with Gasteiger partial charge < -0.3 is 16.3 Å². The molecule has 0 radical (unpaired) electrons. The maximum absolute atomic E-state index is 11.4. The van der Waals surface area contributed by atoms with Gasteiger partial charge in [-0.15, -0.1) is 0 Å². The number of hydrogen-bond donors (Lipinski definition) is 3. The molecule has 0 aromatic carbocycles. The van der Waals surface area contributed by atoms with Crippen LogP contribution in [-0.2, 0) is 11.2 Å². The minimum absolute atomic E-state index is 0.0357. The number of nitrogens with one attached hydrogen (secondary N) is 1. The Kier molecular flexibility index (Phi) is 4.78. The van der Waals surface area contributed by atoms with Gasteiger partial charge in [0.1, 0.15) is 5.84 Å². The molecule has 1 aromatic heterocycles. The molecule has 1 heterocycles. The van der Waals surface area contributed by atoms with Crippen LogP contribution in [0.15, 0.2) is 22.0 Å². The fraction of sp³-hybridized carbons (Fsp3) is 0.400. The summed E-state index contributed by atoms with van der Waals surface area (Å²) in [4.78, 5) is 11.4. The second kappa shape index (κ2) is 6.12. The van der Waals surface area contributed by atoms with Crippen LogP contribution in [0, 0.1) is 0 Å². The first-order valence-corrected chi connectivity index (χ1v) is 5.83. The van der Waals surface area contributed by atoms with Crippen molar-refractivity contribution in [3.8, 4) is 0 Å². The summed E-state index contributed by atoms with van der Waals surface area (Å²) < 4.78 is 0. The van der Waals surface area contributed by atoms with Crippen molar-refractivity contribution in [3.05, 3.63) is 22.4 Å². The van der Waals surface area contributed by atoms with Gasteiger partial charge in [0.05, 0.1) is 6.42 Å². The number of oxime groups is 1. The van der Waals surface area contributed by atoms with Crippen LogP contribution in [0.25, 0.3) is 0 Å². The third-order valence-electron chi connectivity index (χ3n) is 2.00. The highest BCUT2D eigenvalue weighted by Crippen LogP contribution is 2.08. The maximum atomic E-state index is 11.4. The Morgan fingerprint density at radius 2 is 2.50 bits per heavy atom. The van der Waals surface area contributed by atoms with Crippen molar-refractivity contribution in [2.45, 2.75) is 25.8 Å². The highest BCUT2D eigenvalue weighted by Gasteiger charge is 2.09. The smallest absolute Gasteiger partial charge is 0.227 e. The molecular formula is C10H15N3O2S. The molecule has 1 aromatic rings. The number of rotatable bonds is 5. The van der Waals surface area contributed by atoms with Gasteiger partial charge in [-0.05, 0) is 35.7 Å². The number of thiophene rings is 1. The van der Waals surface area contributed by atoms with Crippen LogP contribution in [-0.4, -0.2) is 23.0 Å². The van der Waals surface area contributed by atoms with Crippen LogP contribution in [0.5, 0.6) is 0 Å². The van der Waals surface area contributed by atoms with Crippen LogP contribution in [0.2, 0.25) is 0 Å². The van der Waals surface area contributed by atoms with Crippen molar-refractivity contribution in [2.24, 2.45) is 10.9 Å². The van der Waals surface area contributed by atoms with E-state index in [1.54, 1.807) is 11.3 Å². The van der Waals surface area contributed by atoms with E-state index in [0.717, 1.165) is 6.42 Å². The molecule has 0 saturated carbocycles. The molecule has 1 atom stereocenters. The Hall–Kier alpha value is -1.56. The van der Waals surface area contributed by atoms with E-state index >= 15 is 0 Å². The van der Waals surface area contributed by atoms with Crippen molar-refractivity contribution in [2.75, 3.05) is 0 Å². The second-order valence-corrected chi connectivity index (χ2v) is 4.35. The zero-order valence-electron chi connectivity index (χ0n) is 9.01. The van der Waals surface area contributed by atoms with Crippen LogP contribution in [0.1, 0.15) is 18.9 Å². The molecular weight excluding hydrogens is 226 g/mol. The fourth-order valence-electron chi connectivity index (χ4n) is 1.34. The van der Waals surface area contributed by atoms with Gasteiger partial charge in [0.15, 0.2) is 0 Å². The molecule has 88 valence electrons. The minimum atomic E-state index is -0.238. The molecule has 0 spiro atoms. The highest BCUT2D eigenvalue weighted by molar-refractivity contribution is 7.07. The van der Waals surface area contributed by atoms with E-state index in [-0.39, 0.29) is 24.2 Å². The minimum Gasteiger partial charge on any atom is -0.409 e. The number of carbonyl (C=O) groups excluding carboxylic acids is 1. The molecule has 0 bridgehead atoms. The predicted octanol–water partition coefficient (Wildman–Crippen LogP) is 0.932. The normalized spacial score (nSPS) is 13.4. The monoisotopic (exact) mass is 241 g/mol. The average Bonchev–Trinajstić information content (AvgIpc) is 2.69. The summed E-state index contributed by atoms with van der Waals surface area (Å²) in [6, 6.07) is 2.06. The van der Waals surface area contributed by atoms with Crippen molar-refractivity contribution in [1.29, 1.82) is 0 Å². The summed E-state index contributed by atoms with van der Waals surface area (Å²) in [5.41, 5.74) is 6.42. The van der Waals surface area contributed by atoms with E-state index in [0.29, 0.717) is 0 Å². The van der Waals surface area contributed by atoms with Crippen molar-refractivity contribution < 1.29 is 10.0 Å². The Morgan fingerprint density at radius 1 is 1.75 bits per heavy atom. The van der Waals surface area contributed by atoms with Gasteiger partial charge in [-0.2, -0.15) is 11.3 Å². The van der Waals surface area contributed by atoms with E-state index < -0.39 is 0 Å². The average molecular weight is 241 g/mol. The molecule has 0 fully saturated rings. The first-order valence-electron chi connectivity index (χ1n) is 4.88. The van der Waals surface area contributed by atoms with E-state index in [4.69, 9.17) is 10.9 Å². The number of hydrogen-bond acceptors (Lipinski definition) is 4. The SMILES string of the molecule is CC(Cc1ccsc1)NC(=O)C/C(N)=N/O. The zero-order valence-corrected chi connectivity index (χ0v) is 9.83. The summed E-state index contributed by atoms with van der Waals surface area (Å²) >= 11 is 1.63. The third kappa shape index (κ3) is 4.31. The topological polar surface area (TPSA) is 87.7 Å². The number of carbonyl (C=O) groups is 1. The quantitative estimate of drug-likeness (QED) is 0.310. The molecule has 6 heteroatoms. The Labute approximate surface area is 98.0 Å². The number of amidine groups is 1. The molecule has 1 unspecified atom stereocenters. The largest absolute Gasteiger partial charge is 0.409 e. The molecule has 1 amide bonds. The highest BCUT2D eigenvalue weighted by atomic mass is 32.1. The maximum Gasteiger partial charge on any atom is 0.227 e. The molecule has 0 saturated heterocycles. The van der Waals surface area contributed by atoms with Crippen LogP contribution >= 0.6 is 11.3 Å². The van der Waals surface area contributed by atoms with Gasteiger partial charge in [0.25, 0.3) is 0 Å². The lowest BCUT2D eigenvalue weighted by molar-refractivity contribution is -0.120. The zero-order chi connectivity index (χ0) is 12.0. The van der Waals surface area contributed by atoms with Gasteiger partial charge in [-0.25, -0.2) is 0 Å². The summed E-state index contributed by atoms with van der Waals surface area (Å²) in [7, 11) is 0. The molecule has 5 nitrogen and oxygen atoms in total. The fourth-order valence-corrected chi connectivity index (χ4v) is 2.02. The van der Waals surface area contributed by atoms with Crippen LogP contribution < -0.4 is 11.1 Å². The molecule has 1 rings (SSSR count). The van der Waals surface area contributed by atoms with Gasteiger partial charge >= 0.3 is 0 Å². The van der Waals surface area contributed by atoms with Gasteiger partial charge in [-0.3, -0.25) is 4.79 Å². The van der Waals surface area contributed by atoms with Gasteiger partial charge in [0, 0.05) is 6.04 Å². The van der Waals surface area contributed by atoms with E-state index in [1.807, 2.05) is 23.8 Å². The Bertz CT molecular complexity index is 362. The molecule has 0 aliphatic rings. The molecule has 0 aliphatic carbocycles. The lowest BCUT2D eigenvalue weighted by Crippen LogP contribution is -2.36. The Balaban J connectivity index is 2.34. The van der Waals surface area contributed by atoms with Crippen LogP contribution in [0.4, 0.5) is 0 Å². The summed E-state index contributed by atoms with van der Waals surface area (Å²) in [6.45, 7) is 1.92. The van der Waals surface area contributed by atoms with E-state index in [1.165, 1.54) is 5.56 Å². The van der Waals surface area contributed by atoms with E-state index in [2.05, 4.69) is 10.5 Å². The number of amides is 1. The van der Waals surface area contributed by atoms with Crippen molar-refractivity contribution in [3.63, 3.8) is 0 Å². The van der Waals surface area contributed by atoms with Gasteiger partial charge in [0.2, 0.25) is 5.91 Å². The first kappa shape index (κ1) is 12.5. The standard InChI is InChI=1S/C10H15N3O2S/c1-7(4-8-2-3-16-6-8)12-10(14)5-9(11)13-15/h2-3,6-7,15H,4-5H2,1H3,(H2,11,13)(H,12,14). The van der Waals surface area contributed by atoms with Crippen LogP contribution in [0.3, 0.4) is 0 Å². The van der Waals surface area contributed by atoms with Crippen molar-refractivity contribution >= 4 is 23.1 Å². The third-order valence-corrected chi connectivity index (χ3v) is 2.73. The lowest BCUT2D eigenvalue weighted by Gasteiger charge is -2.12. The first-order chi connectivity index (χ1) is 7.61. The summed E-state index contributed by atoms with van der Waals surface area (Å²) in [5, 5.41) is 17.9. The molecule has 0 aliphatic heterocycles. The summed E-state index contributed by atoms with van der Waals surface area (Å²) in [6.07, 6.45) is 0.704. The molecule has 16 heavy (non-hydrogen) atoms. The Morgan fingerprint density at radius 3 is 3.06 bits per heavy atom. The number of nitrogens with two attached hydrogens (primary N) is 1.